The highest BCUT2D eigenvalue weighted by Gasteiger charge is 2.59. The fourth-order valence-corrected chi connectivity index (χ4v) is 3.18. The predicted molar refractivity (Wildman–Crippen MR) is 96.6 cm³/mol. The van der Waals surface area contributed by atoms with Crippen molar-refractivity contribution < 1.29 is 55.4 Å². The van der Waals surface area contributed by atoms with Crippen molar-refractivity contribution >= 4 is 23.3 Å². The lowest BCUT2D eigenvalue weighted by molar-refractivity contribution is -0.276. The number of aliphatic hydroxyl groups is 1. The summed E-state index contributed by atoms with van der Waals surface area (Å²) in [6.07, 6.45) is -15.8. The van der Waals surface area contributed by atoms with Crippen LogP contribution in [0.25, 0.3) is 11.6 Å². The minimum absolute atomic E-state index is 0.209. The number of carbonyl (C=O) groups is 3. The van der Waals surface area contributed by atoms with Crippen molar-refractivity contribution in [1.82, 2.24) is 15.2 Å². The molecule has 0 radical (unpaired) electrons. The predicted octanol–water partition coefficient (Wildman–Crippen LogP) is 3.71. The molecule has 0 saturated carbocycles. The summed E-state index contributed by atoms with van der Waals surface area (Å²) in [4.78, 5) is 39.0. The Balaban J connectivity index is 2.30. The van der Waals surface area contributed by atoms with Gasteiger partial charge in [0.15, 0.2) is 11.5 Å². The fraction of sp³-hybridized carbons (Fsp3) is 0.444. The lowest BCUT2D eigenvalue weighted by Gasteiger charge is -2.26. The number of alkyl halides is 6. The van der Waals surface area contributed by atoms with Gasteiger partial charge in [0.1, 0.15) is 11.5 Å². The topological polar surface area (TPSA) is 156 Å². The van der Waals surface area contributed by atoms with Crippen molar-refractivity contribution in [3.8, 4) is 11.6 Å². The largest absolute Gasteiger partial charge is 0.465 e. The number of ketones is 2. The summed E-state index contributed by atoms with van der Waals surface area (Å²) >= 11 is 0. The Morgan fingerprint density at radius 3 is 2.32 bits per heavy atom. The Bertz CT molecular complexity index is 1140. The minimum atomic E-state index is -5.40. The number of hydrogen-bond donors (Lipinski definition) is 3. The molecule has 0 fully saturated rings. The molecule has 184 valence electrons. The van der Waals surface area contributed by atoms with Crippen LogP contribution in [0.4, 0.5) is 36.8 Å². The molecule has 1 unspecified atom stereocenters. The van der Waals surface area contributed by atoms with E-state index >= 15 is 0 Å². The first-order chi connectivity index (χ1) is 15.6. The van der Waals surface area contributed by atoms with Gasteiger partial charge in [0, 0.05) is 25.7 Å². The SMILES string of the molecule is O=C1CCCC(=O)c2nc(c(NC(=O)O)cc2C(F)(F)F)-c2nnc(o2)C(O)(C(F)(F)F)CC1. The highest BCUT2D eigenvalue weighted by molar-refractivity contribution is 5.98. The van der Waals surface area contributed by atoms with Crippen molar-refractivity contribution in [1.29, 1.82) is 0 Å². The number of fused-ring (bicyclic) bond motifs is 5. The third kappa shape index (κ3) is 4.85. The monoisotopic (exact) mass is 496 g/mol. The van der Waals surface area contributed by atoms with Crippen LogP contribution in [0.3, 0.4) is 0 Å². The molecule has 3 heterocycles. The van der Waals surface area contributed by atoms with Crippen LogP contribution in [-0.4, -0.2) is 49.2 Å². The normalized spacial score (nSPS) is 20.1. The number of pyridine rings is 1. The van der Waals surface area contributed by atoms with Crippen LogP contribution in [0.2, 0.25) is 0 Å². The van der Waals surface area contributed by atoms with E-state index in [-0.39, 0.29) is 12.5 Å². The van der Waals surface area contributed by atoms with Gasteiger partial charge in [-0.3, -0.25) is 14.9 Å². The molecule has 0 saturated heterocycles. The first-order valence-corrected chi connectivity index (χ1v) is 9.44. The van der Waals surface area contributed by atoms with Crippen molar-refractivity contribution in [2.24, 2.45) is 0 Å². The number of hydrogen-bond acceptors (Lipinski definition) is 8. The molecule has 3 N–H and O–H groups in total. The molecule has 2 aromatic heterocycles. The second kappa shape index (κ2) is 8.66. The quantitative estimate of drug-likeness (QED) is 0.501. The van der Waals surface area contributed by atoms with Gasteiger partial charge in [0.05, 0.1) is 11.3 Å². The average molecular weight is 496 g/mol. The molecule has 1 atom stereocenters. The van der Waals surface area contributed by atoms with Gasteiger partial charge in [0.25, 0.3) is 11.8 Å². The maximum absolute atomic E-state index is 13.6. The molecule has 1 aliphatic heterocycles. The molecule has 4 bridgehead atoms. The molecule has 2 aromatic rings. The lowest BCUT2D eigenvalue weighted by Crippen LogP contribution is -2.43. The number of aromatic nitrogens is 3. The summed E-state index contributed by atoms with van der Waals surface area (Å²) < 4.78 is 86.5. The van der Waals surface area contributed by atoms with Crippen molar-refractivity contribution in [2.45, 2.75) is 50.1 Å². The maximum atomic E-state index is 13.6. The second-order valence-electron chi connectivity index (χ2n) is 7.29. The summed E-state index contributed by atoms with van der Waals surface area (Å²) in [5.74, 6) is -4.41. The maximum Gasteiger partial charge on any atom is 0.426 e. The summed E-state index contributed by atoms with van der Waals surface area (Å²) in [5.41, 5.74) is -8.38. The molecule has 16 heteroatoms. The van der Waals surface area contributed by atoms with E-state index in [1.54, 1.807) is 5.32 Å². The molecular formula is C18H14F6N4O6. The number of nitrogens with zero attached hydrogens (tertiary/aromatic N) is 3. The zero-order chi connectivity index (χ0) is 25.5. The van der Waals surface area contributed by atoms with Gasteiger partial charge in [-0.25, -0.2) is 9.78 Å². The van der Waals surface area contributed by atoms with Crippen LogP contribution >= 0.6 is 0 Å². The standard InChI is InChI=1S/C18H14F6N4O6/c19-17(20,21)8-6-9(25-15(31)32)12-13-27-28-14(34-13)16(33,18(22,23)24)5-4-7(29)2-1-3-10(30)11(8)26-12/h6,25,33H,1-5H2,(H,31,32). The summed E-state index contributed by atoms with van der Waals surface area (Å²) in [6.45, 7) is 0. The van der Waals surface area contributed by atoms with E-state index in [0.717, 1.165) is 0 Å². The summed E-state index contributed by atoms with van der Waals surface area (Å²) in [5, 5.41) is 27.2. The van der Waals surface area contributed by atoms with Crippen LogP contribution in [0, 0.1) is 0 Å². The molecule has 1 amide bonds. The highest BCUT2D eigenvalue weighted by atomic mass is 19.4. The smallest absolute Gasteiger partial charge is 0.426 e. The number of nitrogens with one attached hydrogen (secondary N) is 1. The number of carbonyl (C=O) groups excluding carboxylic acids is 2. The molecule has 1 aliphatic rings. The Labute approximate surface area is 185 Å². The number of anilines is 1. The van der Waals surface area contributed by atoms with E-state index in [9.17, 15) is 45.8 Å². The van der Waals surface area contributed by atoms with Crippen LogP contribution in [-0.2, 0) is 16.6 Å². The minimum Gasteiger partial charge on any atom is -0.465 e. The van der Waals surface area contributed by atoms with Crippen LogP contribution < -0.4 is 5.32 Å². The molecule has 0 aromatic carbocycles. The highest BCUT2D eigenvalue weighted by Crippen LogP contribution is 2.44. The fourth-order valence-electron chi connectivity index (χ4n) is 3.18. The zero-order valence-electron chi connectivity index (χ0n) is 16.7. The third-order valence-electron chi connectivity index (χ3n) is 4.91. The van der Waals surface area contributed by atoms with Crippen molar-refractivity contribution in [3.05, 3.63) is 23.2 Å². The number of amides is 1. The van der Waals surface area contributed by atoms with Crippen LogP contribution in [0.15, 0.2) is 10.5 Å². The molecule has 0 spiro atoms. The number of carboxylic acid groups (broad SMARTS) is 1. The molecular weight excluding hydrogens is 482 g/mol. The van der Waals surface area contributed by atoms with E-state index in [1.165, 1.54) is 0 Å². The molecule has 3 rings (SSSR count). The van der Waals surface area contributed by atoms with Crippen molar-refractivity contribution in [3.63, 3.8) is 0 Å². The van der Waals surface area contributed by atoms with E-state index in [2.05, 4.69) is 15.2 Å². The van der Waals surface area contributed by atoms with Gasteiger partial charge in [-0.1, -0.05) is 0 Å². The van der Waals surface area contributed by atoms with Gasteiger partial charge in [-0.15, -0.1) is 10.2 Å². The van der Waals surface area contributed by atoms with Gasteiger partial charge in [-0.2, -0.15) is 26.3 Å². The van der Waals surface area contributed by atoms with Gasteiger partial charge in [-0.05, 0) is 12.5 Å². The van der Waals surface area contributed by atoms with Gasteiger partial charge in [0.2, 0.25) is 5.60 Å². The van der Waals surface area contributed by atoms with E-state index in [4.69, 9.17) is 9.52 Å². The Hall–Kier alpha value is -3.56. The van der Waals surface area contributed by atoms with E-state index < -0.39 is 95.7 Å². The Kier molecular flexibility index (Phi) is 6.38. The van der Waals surface area contributed by atoms with Crippen LogP contribution in [0.5, 0.6) is 0 Å². The number of Topliss-reactive ketones (excluding diaryl/α,β-unsaturated/α-hetero) is 2. The molecule has 10 nitrogen and oxygen atoms in total. The zero-order valence-corrected chi connectivity index (χ0v) is 16.7. The lowest BCUT2D eigenvalue weighted by atomic mass is 9.93. The number of rotatable bonds is 1. The van der Waals surface area contributed by atoms with Gasteiger partial charge >= 0.3 is 18.4 Å². The Morgan fingerprint density at radius 2 is 1.74 bits per heavy atom. The Morgan fingerprint density at radius 1 is 1.06 bits per heavy atom. The average Bonchev–Trinajstić information content (AvgIpc) is 3.19. The third-order valence-corrected chi connectivity index (χ3v) is 4.91. The summed E-state index contributed by atoms with van der Waals surface area (Å²) in [7, 11) is 0. The van der Waals surface area contributed by atoms with Crippen LogP contribution in [0.1, 0.15) is 54.0 Å². The number of halogens is 6. The van der Waals surface area contributed by atoms with E-state index in [1.807, 2.05) is 0 Å². The van der Waals surface area contributed by atoms with Crippen molar-refractivity contribution in [2.75, 3.05) is 5.32 Å². The van der Waals surface area contributed by atoms with Gasteiger partial charge < -0.3 is 14.6 Å². The molecule has 34 heavy (non-hydrogen) atoms. The second-order valence-corrected chi connectivity index (χ2v) is 7.29. The summed E-state index contributed by atoms with van der Waals surface area (Å²) in [6, 6.07) is 0.209. The molecule has 0 aliphatic carbocycles. The first kappa shape index (κ1) is 25.1. The van der Waals surface area contributed by atoms with E-state index in [0.29, 0.717) is 0 Å². The first-order valence-electron chi connectivity index (χ1n) is 9.44.